The molecular formula is C12H14N4O2. The van der Waals surface area contributed by atoms with Gasteiger partial charge in [0.15, 0.2) is 5.82 Å². The van der Waals surface area contributed by atoms with Crippen LogP contribution < -0.4 is 10.6 Å². The van der Waals surface area contributed by atoms with Crippen molar-refractivity contribution in [1.82, 2.24) is 10.1 Å². The summed E-state index contributed by atoms with van der Waals surface area (Å²) >= 11 is 0. The van der Waals surface area contributed by atoms with E-state index in [1.165, 1.54) is 0 Å². The molecule has 0 aliphatic rings. The lowest BCUT2D eigenvalue weighted by atomic mass is 10.1. The van der Waals surface area contributed by atoms with Crippen LogP contribution in [-0.2, 0) is 0 Å². The van der Waals surface area contributed by atoms with E-state index in [0.717, 1.165) is 11.3 Å². The molecule has 0 saturated heterocycles. The van der Waals surface area contributed by atoms with E-state index in [9.17, 15) is 4.79 Å². The van der Waals surface area contributed by atoms with Crippen LogP contribution in [-0.4, -0.2) is 23.1 Å². The third-order valence-electron chi connectivity index (χ3n) is 2.51. The summed E-state index contributed by atoms with van der Waals surface area (Å²) < 4.78 is 4.83. The van der Waals surface area contributed by atoms with Crippen LogP contribution in [0.2, 0.25) is 0 Å². The smallest absolute Gasteiger partial charge is 0.328 e. The Balaban J connectivity index is 2.16. The number of carbonyl (C=O) groups is 1. The van der Waals surface area contributed by atoms with Gasteiger partial charge in [-0.1, -0.05) is 5.16 Å². The SMILES string of the molecule is CNc1ccc(C(=O)Nc2nc(C)no2)cc1C. The highest BCUT2D eigenvalue weighted by Gasteiger charge is 2.11. The molecule has 18 heavy (non-hydrogen) atoms. The summed E-state index contributed by atoms with van der Waals surface area (Å²) in [6, 6.07) is 5.48. The van der Waals surface area contributed by atoms with Crippen LogP contribution in [0.25, 0.3) is 0 Å². The molecule has 0 spiro atoms. The predicted molar refractivity (Wildman–Crippen MR) is 67.7 cm³/mol. The third-order valence-corrected chi connectivity index (χ3v) is 2.51. The number of hydrogen-bond acceptors (Lipinski definition) is 5. The van der Waals surface area contributed by atoms with Crippen LogP contribution in [0.1, 0.15) is 21.7 Å². The first-order valence-corrected chi connectivity index (χ1v) is 5.50. The van der Waals surface area contributed by atoms with E-state index in [-0.39, 0.29) is 11.9 Å². The van der Waals surface area contributed by atoms with Crippen molar-refractivity contribution < 1.29 is 9.32 Å². The Hall–Kier alpha value is -2.37. The lowest BCUT2D eigenvalue weighted by molar-refractivity contribution is 0.102. The summed E-state index contributed by atoms with van der Waals surface area (Å²) in [5, 5.41) is 9.18. The van der Waals surface area contributed by atoms with Gasteiger partial charge in [-0.2, -0.15) is 4.98 Å². The van der Waals surface area contributed by atoms with E-state index in [1.54, 1.807) is 19.1 Å². The fourth-order valence-corrected chi connectivity index (χ4v) is 1.60. The normalized spacial score (nSPS) is 10.2. The second-order valence-electron chi connectivity index (χ2n) is 3.88. The molecule has 2 rings (SSSR count). The maximum Gasteiger partial charge on any atom is 0.328 e. The first kappa shape index (κ1) is 12.1. The molecule has 0 radical (unpaired) electrons. The lowest BCUT2D eigenvalue weighted by Crippen LogP contribution is -2.12. The molecule has 0 saturated carbocycles. The third kappa shape index (κ3) is 2.48. The van der Waals surface area contributed by atoms with Crippen LogP contribution in [0.5, 0.6) is 0 Å². The highest BCUT2D eigenvalue weighted by molar-refractivity contribution is 6.03. The second kappa shape index (κ2) is 4.87. The van der Waals surface area contributed by atoms with Gasteiger partial charge in [-0.25, -0.2) is 0 Å². The van der Waals surface area contributed by atoms with Crippen molar-refractivity contribution in [2.45, 2.75) is 13.8 Å². The van der Waals surface area contributed by atoms with Gasteiger partial charge in [-0.05, 0) is 37.6 Å². The number of aryl methyl sites for hydroxylation is 2. The van der Waals surface area contributed by atoms with E-state index in [2.05, 4.69) is 20.8 Å². The highest BCUT2D eigenvalue weighted by Crippen LogP contribution is 2.16. The number of carbonyl (C=O) groups excluding carboxylic acids is 1. The number of nitrogens with zero attached hydrogens (tertiary/aromatic N) is 2. The van der Waals surface area contributed by atoms with Gasteiger partial charge in [0.25, 0.3) is 5.91 Å². The van der Waals surface area contributed by atoms with E-state index in [1.807, 2.05) is 20.0 Å². The minimum atomic E-state index is -0.274. The Kier molecular flexibility index (Phi) is 3.27. The molecular weight excluding hydrogens is 232 g/mol. The molecule has 2 aromatic rings. The lowest BCUT2D eigenvalue weighted by Gasteiger charge is -2.07. The minimum absolute atomic E-state index is 0.104. The molecule has 6 heteroatoms. The molecule has 0 aliphatic carbocycles. The number of aromatic nitrogens is 2. The quantitative estimate of drug-likeness (QED) is 0.865. The molecule has 0 fully saturated rings. The highest BCUT2D eigenvalue weighted by atomic mass is 16.5. The fourth-order valence-electron chi connectivity index (χ4n) is 1.60. The Morgan fingerprint density at radius 3 is 2.67 bits per heavy atom. The molecule has 0 unspecified atom stereocenters. The Morgan fingerprint density at radius 1 is 1.33 bits per heavy atom. The van der Waals surface area contributed by atoms with E-state index in [0.29, 0.717) is 11.4 Å². The summed E-state index contributed by atoms with van der Waals surface area (Å²) in [6.07, 6.45) is 0. The van der Waals surface area contributed by atoms with E-state index >= 15 is 0 Å². The van der Waals surface area contributed by atoms with Gasteiger partial charge in [-0.3, -0.25) is 10.1 Å². The largest absolute Gasteiger partial charge is 0.388 e. The van der Waals surface area contributed by atoms with Crippen LogP contribution >= 0.6 is 0 Å². The van der Waals surface area contributed by atoms with Crippen molar-refractivity contribution in [3.05, 3.63) is 35.2 Å². The first-order chi connectivity index (χ1) is 8.60. The van der Waals surface area contributed by atoms with Crippen molar-refractivity contribution in [3.8, 4) is 0 Å². The molecule has 1 aromatic carbocycles. The number of nitrogens with one attached hydrogen (secondary N) is 2. The van der Waals surface area contributed by atoms with E-state index in [4.69, 9.17) is 4.52 Å². The van der Waals surface area contributed by atoms with Crippen LogP contribution in [0.3, 0.4) is 0 Å². The molecule has 0 aliphatic heterocycles. The second-order valence-corrected chi connectivity index (χ2v) is 3.88. The number of rotatable bonds is 3. The molecule has 0 bridgehead atoms. The molecule has 1 heterocycles. The van der Waals surface area contributed by atoms with Crippen molar-refractivity contribution in [2.75, 3.05) is 17.7 Å². The summed E-state index contributed by atoms with van der Waals surface area (Å²) in [7, 11) is 1.84. The average molecular weight is 246 g/mol. The summed E-state index contributed by atoms with van der Waals surface area (Å²) in [5.74, 6) is 0.205. The molecule has 94 valence electrons. The minimum Gasteiger partial charge on any atom is -0.388 e. The number of amides is 1. The number of benzene rings is 1. The molecule has 0 atom stereocenters. The summed E-state index contributed by atoms with van der Waals surface area (Å²) in [5.41, 5.74) is 2.52. The van der Waals surface area contributed by atoms with Crippen LogP contribution in [0.4, 0.5) is 11.7 Å². The maximum absolute atomic E-state index is 11.9. The monoisotopic (exact) mass is 246 g/mol. The first-order valence-electron chi connectivity index (χ1n) is 5.50. The van der Waals surface area contributed by atoms with Crippen LogP contribution in [0.15, 0.2) is 22.7 Å². The predicted octanol–water partition coefficient (Wildman–Crippen LogP) is 1.98. The summed E-state index contributed by atoms with van der Waals surface area (Å²) in [4.78, 5) is 15.8. The molecule has 2 N–H and O–H groups in total. The zero-order chi connectivity index (χ0) is 13.1. The Labute approximate surface area is 104 Å². The topological polar surface area (TPSA) is 80.0 Å². The van der Waals surface area contributed by atoms with Gasteiger partial charge < -0.3 is 9.84 Å². The van der Waals surface area contributed by atoms with Crippen molar-refractivity contribution in [1.29, 1.82) is 0 Å². The fraction of sp³-hybridized carbons (Fsp3) is 0.250. The Morgan fingerprint density at radius 2 is 2.11 bits per heavy atom. The van der Waals surface area contributed by atoms with Gasteiger partial charge >= 0.3 is 6.01 Å². The standard InChI is InChI=1S/C12H14N4O2/c1-7-6-9(4-5-10(7)13-3)11(17)15-12-14-8(2)16-18-12/h4-6,13H,1-3H3,(H,14,15,16,17). The van der Waals surface area contributed by atoms with Gasteiger partial charge in [0.05, 0.1) is 0 Å². The molecule has 1 aromatic heterocycles. The zero-order valence-corrected chi connectivity index (χ0v) is 10.4. The van der Waals surface area contributed by atoms with Gasteiger partial charge in [0, 0.05) is 18.3 Å². The number of hydrogen-bond donors (Lipinski definition) is 2. The van der Waals surface area contributed by atoms with Crippen LogP contribution in [0, 0.1) is 13.8 Å². The van der Waals surface area contributed by atoms with Crippen molar-refractivity contribution in [3.63, 3.8) is 0 Å². The van der Waals surface area contributed by atoms with E-state index < -0.39 is 0 Å². The van der Waals surface area contributed by atoms with Crippen molar-refractivity contribution >= 4 is 17.6 Å². The molecule has 1 amide bonds. The van der Waals surface area contributed by atoms with Crippen molar-refractivity contribution in [2.24, 2.45) is 0 Å². The number of anilines is 2. The zero-order valence-electron chi connectivity index (χ0n) is 10.4. The maximum atomic E-state index is 11.9. The van der Waals surface area contributed by atoms with Gasteiger partial charge in [0.1, 0.15) is 0 Å². The summed E-state index contributed by atoms with van der Waals surface area (Å²) in [6.45, 7) is 3.62. The average Bonchev–Trinajstić information content (AvgIpc) is 2.74. The van der Waals surface area contributed by atoms with Gasteiger partial charge in [0.2, 0.25) is 0 Å². The molecule has 6 nitrogen and oxygen atoms in total. The Bertz CT molecular complexity index is 577. The van der Waals surface area contributed by atoms with Gasteiger partial charge in [-0.15, -0.1) is 0 Å².